The van der Waals surface area contributed by atoms with Crippen molar-refractivity contribution < 1.29 is 4.74 Å². The second-order valence-electron chi connectivity index (χ2n) is 6.55. The van der Waals surface area contributed by atoms with Crippen molar-refractivity contribution in [1.82, 2.24) is 18.7 Å². The van der Waals surface area contributed by atoms with Crippen LogP contribution in [0.1, 0.15) is 5.56 Å². The molecule has 9 heteroatoms. The molecule has 2 aromatic heterocycles. The lowest BCUT2D eigenvalue weighted by atomic mass is 10.2. The summed E-state index contributed by atoms with van der Waals surface area (Å²) in [5, 5.41) is 0.514. The maximum atomic E-state index is 12.9. The smallest absolute Gasteiger partial charge is 0.332 e. The van der Waals surface area contributed by atoms with Crippen LogP contribution in [-0.2, 0) is 20.6 Å². The van der Waals surface area contributed by atoms with E-state index >= 15 is 0 Å². The van der Waals surface area contributed by atoms with Crippen molar-refractivity contribution in [3.63, 3.8) is 0 Å². The number of benzene rings is 2. The van der Waals surface area contributed by atoms with Crippen LogP contribution in [0.4, 0.5) is 0 Å². The zero-order chi connectivity index (χ0) is 20.7. The van der Waals surface area contributed by atoms with Gasteiger partial charge in [-0.2, -0.15) is 4.98 Å². The van der Waals surface area contributed by atoms with Crippen LogP contribution < -0.4 is 16.0 Å². The van der Waals surface area contributed by atoms with E-state index in [1.54, 1.807) is 35.9 Å². The molecule has 0 radical (unpaired) electrons. The standard InChI is InChI=1S/C20H16BrClN4O3/c1-24-17-16(18(27)25(2)20(24)28)26(11-12-5-3-6-13(21)9-12)19(23-17)29-15-8-4-7-14(22)10-15/h3-10H,11H2,1-2H3. The van der Waals surface area contributed by atoms with E-state index < -0.39 is 11.2 Å². The SMILES string of the molecule is Cn1c(=O)c2c(nc(Oc3cccc(Cl)c3)n2Cc2cccc(Br)c2)n(C)c1=O. The lowest BCUT2D eigenvalue weighted by Crippen LogP contribution is -2.37. The highest BCUT2D eigenvalue weighted by atomic mass is 79.9. The van der Waals surface area contributed by atoms with Gasteiger partial charge >= 0.3 is 11.7 Å². The molecule has 0 saturated carbocycles. The van der Waals surface area contributed by atoms with Gasteiger partial charge in [-0.05, 0) is 35.9 Å². The molecule has 4 rings (SSSR count). The Labute approximate surface area is 178 Å². The van der Waals surface area contributed by atoms with Crippen LogP contribution in [0.3, 0.4) is 0 Å². The second kappa shape index (κ2) is 7.53. The Morgan fingerprint density at radius 3 is 2.55 bits per heavy atom. The van der Waals surface area contributed by atoms with Crippen molar-refractivity contribution in [3.05, 3.63) is 84.4 Å². The molecule has 0 aliphatic heterocycles. The van der Waals surface area contributed by atoms with Gasteiger partial charge in [0.2, 0.25) is 0 Å². The maximum Gasteiger partial charge on any atom is 0.332 e. The first kappa shape index (κ1) is 19.5. The molecule has 0 aliphatic carbocycles. The number of imidazole rings is 1. The summed E-state index contributed by atoms with van der Waals surface area (Å²) in [7, 11) is 3.02. The highest BCUT2D eigenvalue weighted by Gasteiger charge is 2.21. The van der Waals surface area contributed by atoms with Gasteiger partial charge in [0.1, 0.15) is 5.75 Å². The number of ether oxygens (including phenoxy) is 1. The Hall–Kier alpha value is -2.84. The van der Waals surface area contributed by atoms with Crippen LogP contribution in [0.25, 0.3) is 11.2 Å². The molecule has 0 amide bonds. The Morgan fingerprint density at radius 2 is 1.83 bits per heavy atom. The summed E-state index contributed by atoms with van der Waals surface area (Å²) >= 11 is 9.52. The molecule has 0 N–H and O–H groups in total. The highest BCUT2D eigenvalue weighted by molar-refractivity contribution is 9.10. The molecule has 4 aromatic rings. The van der Waals surface area contributed by atoms with E-state index in [0.29, 0.717) is 17.3 Å². The highest BCUT2D eigenvalue weighted by Crippen LogP contribution is 2.27. The van der Waals surface area contributed by atoms with Crippen LogP contribution in [0.5, 0.6) is 11.8 Å². The number of fused-ring (bicyclic) bond motifs is 1. The average molecular weight is 476 g/mol. The number of nitrogens with zero attached hydrogens (tertiary/aromatic N) is 4. The van der Waals surface area contributed by atoms with Gasteiger partial charge in [0.05, 0.1) is 6.54 Å². The number of aromatic nitrogens is 4. The minimum absolute atomic E-state index is 0.195. The van der Waals surface area contributed by atoms with E-state index in [4.69, 9.17) is 16.3 Å². The van der Waals surface area contributed by atoms with E-state index in [0.717, 1.165) is 14.6 Å². The number of hydrogen-bond acceptors (Lipinski definition) is 4. The Morgan fingerprint density at radius 1 is 1.07 bits per heavy atom. The summed E-state index contributed by atoms with van der Waals surface area (Å²) in [6.07, 6.45) is 0. The predicted molar refractivity (Wildman–Crippen MR) is 115 cm³/mol. The third-order valence-corrected chi connectivity index (χ3v) is 5.28. The first-order chi connectivity index (χ1) is 13.8. The fourth-order valence-electron chi connectivity index (χ4n) is 3.10. The Kier molecular flexibility index (Phi) is 5.06. The van der Waals surface area contributed by atoms with Gasteiger partial charge < -0.3 is 4.74 Å². The van der Waals surface area contributed by atoms with Crippen molar-refractivity contribution in [1.29, 1.82) is 0 Å². The molecule has 0 atom stereocenters. The fourth-order valence-corrected chi connectivity index (χ4v) is 3.73. The van der Waals surface area contributed by atoms with Gasteiger partial charge in [-0.15, -0.1) is 0 Å². The van der Waals surface area contributed by atoms with Crippen molar-refractivity contribution in [2.45, 2.75) is 6.54 Å². The molecular formula is C20H16BrClN4O3. The minimum atomic E-state index is -0.455. The zero-order valence-corrected chi connectivity index (χ0v) is 17.9. The fraction of sp³-hybridized carbons (Fsp3) is 0.150. The summed E-state index contributed by atoms with van der Waals surface area (Å²) in [6, 6.07) is 14.8. The summed E-state index contributed by atoms with van der Waals surface area (Å²) in [6.45, 7) is 0.333. The summed E-state index contributed by atoms with van der Waals surface area (Å²) < 4.78 is 10.9. The van der Waals surface area contributed by atoms with Gasteiger partial charge in [0.25, 0.3) is 5.56 Å². The van der Waals surface area contributed by atoms with E-state index in [2.05, 4.69) is 20.9 Å². The first-order valence-electron chi connectivity index (χ1n) is 8.69. The third kappa shape index (κ3) is 3.61. The molecule has 0 aliphatic rings. The topological polar surface area (TPSA) is 71.1 Å². The van der Waals surface area contributed by atoms with E-state index in [1.807, 2.05) is 24.3 Å². The Bertz CT molecular complexity index is 1360. The Balaban J connectivity index is 1.96. The molecule has 0 fully saturated rings. The zero-order valence-electron chi connectivity index (χ0n) is 15.6. The molecule has 7 nitrogen and oxygen atoms in total. The van der Waals surface area contributed by atoms with Crippen LogP contribution in [-0.4, -0.2) is 18.7 Å². The van der Waals surface area contributed by atoms with Gasteiger partial charge in [-0.3, -0.25) is 18.5 Å². The van der Waals surface area contributed by atoms with Crippen molar-refractivity contribution in [2.75, 3.05) is 0 Å². The summed E-state index contributed by atoms with van der Waals surface area (Å²) in [5.74, 6) is 0.477. The molecule has 0 saturated heterocycles. The molecule has 2 heterocycles. The molecule has 148 valence electrons. The number of rotatable bonds is 4. The molecular weight excluding hydrogens is 460 g/mol. The van der Waals surface area contributed by atoms with Crippen LogP contribution in [0.2, 0.25) is 5.02 Å². The molecule has 2 aromatic carbocycles. The van der Waals surface area contributed by atoms with Crippen molar-refractivity contribution in [2.24, 2.45) is 14.1 Å². The first-order valence-corrected chi connectivity index (χ1v) is 9.86. The van der Waals surface area contributed by atoms with Crippen LogP contribution in [0.15, 0.2) is 62.6 Å². The number of hydrogen-bond donors (Lipinski definition) is 0. The van der Waals surface area contributed by atoms with Gasteiger partial charge in [0, 0.05) is 23.6 Å². The average Bonchev–Trinajstić information content (AvgIpc) is 3.03. The second-order valence-corrected chi connectivity index (χ2v) is 7.90. The lowest BCUT2D eigenvalue weighted by molar-refractivity contribution is 0.421. The largest absolute Gasteiger partial charge is 0.425 e. The van der Waals surface area contributed by atoms with Crippen LogP contribution >= 0.6 is 27.5 Å². The lowest BCUT2D eigenvalue weighted by Gasteiger charge is -2.11. The molecule has 0 bridgehead atoms. The minimum Gasteiger partial charge on any atom is -0.425 e. The summed E-state index contributed by atoms with van der Waals surface area (Å²) in [4.78, 5) is 29.7. The van der Waals surface area contributed by atoms with Crippen molar-refractivity contribution >= 4 is 38.7 Å². The van der Waals surface area contributed by atoms with Gasteiger partial charge in [-0.1, -0.05) is 45.7 Å². The number of halogens is 2. The van der Waals surface area contributed by atoms with Gasteiger partial charge in [-0.25, -0.2) is 4.79 Å². The third-order valence-electron chi connectivity index (χ3n) is 4.55. The molecule has 29 heavy (non-hydrogen) atoms. The number of aryl methyl sites for hydroxylation is 1. The van der Waals surface area contributed by atoms with Gasteiger partial charge in [0.15, 0.2) is 11.2 Å². The monoisotopic (exact) mass is 474 g/mol. The van der Waals surface area contributed by atoms with Crippen molar-refractivity contribution in [3.8, 4) is 11.8 Å². The molecule has 0 unspecified atom stereocenters. The predicted octanol–water partition coefficient (Wildman–Crippen LogP) is 3.69. The quantitative estimate of drug-likeness (QED) is 0.451. The summed E-state index contributed by atoms with van der Waals surface area (Å²) in [5.41, 5.74) is 0.581. The van der Waals surface area contributed by atoms with E-state index in [-0.39, 0.29) is 17.2 Å². The molecule has 0 spiro atoms. The van der Waals surface area contributed by atoms with E-state index in [9.17, 15) is 9.59 Å². The normalized spacial score (nSPS) is 11.2. The van der Waals surface area contributed by atoms with E-state index in [1.165, 1.54) is 11.6 Å². The maximum absolute atomic E-state index is 12.9. The van der Waals surface area contributed by atoms with Crippen LogP contribution in [0, 0.1) is 0 Å².